The highest BCUT2D eigenvalue weighted by atomic mass is 32.1. The number of carboxylic acids is 1. The van der Waals surface area contributed by atoms with Crippen molar-refractivity contribution in [3.63, 3.8) is 0 Å². The van der Waals surface area contributed by atoms with E-state index in [9.17, 15) is 4.79 Å². The smallest absolute Gasteiger partial charge is 0.307 e. The summed E-state index contributed by atoms with van der Waals surface area (Å²) in [5.41, 5.74) is 7.56. The van der Waals surface area contributed by atoms with Crippen LogP contribution in [0.15, 0.2) is 24.3 Å². The number of hydrogen-bond donors (Lipinski definition) is 2. The lowest BCUT2D eigenvalue weighted by Crippen LogP contribution is -2.29. The molecule has 1 aliphatic rings. The van der Waals surface area contributed by atoms with Crippen LogP contribution >= 0.6 is 12.2 Å². The van der Waals surface area contributed by atoms with Crippen molar-refractivity contribution in [2.75, 3.05) is 6.54 Å². The van der Waals surface area contributed by atoms with Gasteiger partial charge in [-0.2, -0.15) is 0 Å². The molecule has 0 saturated heterocycles. The third-order valence-electron chi connectivity index (χ3n) is 3.54. The van der Waals surface area contributed by atoms with E-state index in [-0.39, 0.29) is 6.42 Å². The number of nitrogens with two attached hydrogens (primary N) is 1. The summed E-state index contributed by atoms with van der Waals surface area (Å²) in [5.74, 6) is -0.793. The van der Waals surface area contributed by atoms with E-state index in [2.05, 4.69) is 4.90 Å². The highest BCUT2D eigenvalue weighted by molar-refractivity contribution is 7.80. The van der Waals surface area contributed by atoms with Crippen molar-refractivity contribution in [1.82, 2.24) is 4.90 Å². The molecule has 0 spiro atoms. The van der Waals surface area contributed by atoms with E-state index in [1.165, 1.54) is 12.8 Å². The van der Waals surface area contributed by atoms with Crippen LogP contribution in [0.4, 0.5) is 0 Å². The van der Waals surface area contributed by atoms with Gasteiger partial charge in [0.05, 0.1) is 11.4 Å². The fourth-order valence-electron chi connectivity index (χ4n) is 2.35. The van der Waals surface area contributed by atoms with Gasteiger partial charge in [0.2, 0.25) is 0 Å². The van der Waals surface area contributed by atoms with Gasteiger partial charge < -0.3 is 10.8 Å². The average Bonchev–Trinajstić information content (AvgIpc) is 3.19. The van der Waals surface area contributed by atoms with Crippen LogP contribution in [0.5, 0.6) is 0 Å². The Morgan fingerprint density at radius 3 is 2.55 bits per heavy atom. The predicted molar refractivity (Wildman–Crippen MR) is 82.6 cm³/mol. The lowest BCUT2D eigenvalue weighted by molar-refractivity contribution is -0.136. The number of hydrogen-bond acceptors (Lipinski definition) is 3. The Hall–Kier alpha value is -1.46. The monoisotopic (exact) mass is 292 g/mol. The summed E-state index contributed by atoms with van der Waals surface area (Å²) in [6.07, 6.45) is 3.20. The molecule has 1 aliphatic carbocycles. The molecule has 20 heavy (non-hydrogen) atoms. The molecule has 0 bridgehead atoms. The van der Waals surface area contributed by atoms with Gasteiger partial charge in [-0.1, -0.05) is 36.5 Å². The molecule has 0 aliphatic heterocycles. The minimum atomic E-state index is -0.793. The van der Waals surface area contributed by atoms with Crippen LogP contribution in [0.3, 0.4) is 0 Å². The molecule has 2 rings (SSSR count). The number of aliphatic carboxylic acids is 1. The molecule has 0 atom stereocenters. The maximum atomic E-state index is 10.9. The normalized spacial score (nSPS) is 14.4. The van der Waals surface area contributed by atoms with Crippen LogP contribution in [0.25, 0.3) is 0 Å². The first-order valence-electron chi connectivity index (χ1n) is 6.87. The third-order valence-corrected chi connectivity index (χ3v) is 3.75. The number of nitrogens with zero attached hydrogens (tertiary/aromatic N) is 1. The molecular formula is C15H20N2O2S. The van der Waals surface area contributed by atoms with E-state index in [0.717, 1.165) is 24.2 Å². The molecule has 3 N–H and O–H groups in total. The first kappa shape index (κ1) is 14.9. The number of benzene rings is 1. The lowest BCUT2D eigenvalue weighted by Gasteiger charge is -2.23. The largest absolute Gasteiger partial charge is 0.481 e. The predicted octanol–water partition coefficient (Wildman–Crippen LogP) is 1.95. The van der Waals surface area contributed by atoms with Crippen molar-refractivity contribution >= 4 is 23.2 Å². The quantitative estimate of drug-likeness (QED) is 0.717. The van der Waals surface area contributed by atoms with Gasteiger partial charge in [0.1, 0.15) is 0 Å². The summed E-state index contributed by atoms with van der Waals surface area (Å²) in [4.78, 5) is 13.8. The topological polar surface area (TPSA) is 66.6 Å². The van der Waals surface area contributed by atoms with Crippen molar-refractivity contribution in [2.45, 2.75) is 38.3 Å². The second kappa shape index (κ2) is 6.81. The molecule has 0 heterocycles. The van der Waals surface area contributed by atoms with Crippen molar-refractivity contribution in [3.8, 4) is 0 Å². The van der Waals surface area contributed by atoms with Gasteiger partial charge in [-0.05, 0) is 24.0 Å². The molecule has 0 amide bonds. The zero-order valence-corrected chi connectivity index (χ0v) is 12.2. The zero-order valence-electron chi connectivity index (χ0n) is 11.4. The van der Waals surface area contributed by atoms with E-state index in [4.69, 9.17) is 23.1 Å². The maximum absolute atomic E-state index is 10.9. The average molecular weight is 292 g/mol. The van der Waals surface area contributed by atoms with Gasteiger partial charge in [0.25, 0.3) is 0 Å². The maximum Gasteiger partial charge on any atom is 0.307 e. The van der Waals surface area contributed by atoms with Gasteiger partial charge in [0, 0.05) is 25.6 Å². The van der Waals surface area contributed by atoms with Crippen LogP contribution in [0, 0.1) is 0 Å². The second-order valence-electron chi connectivity index (χ2n) is 5.26. The first-order valence-corrected chi connectivity index (χ1v) is 7.28. The van der Waals surface area contributed by atoms with Gasteiger partial charge in [-0.3, -0.25) is 9.69 Å². The molecule has 1 fully saturated rings. The molecule has 1 saturated carbocycles. The van der Waals surface area contributed by atoms with E-state index in [0.29, 0.717) is 17.5 Å². The van der Waals surface area contributed by atoms with E-state index in [1.807, 2.05) is 24.3 Å². The minimum Gasteiger partial charge on any atom is -0.481 e. The van der Waals surface area contributed by atoms with Crippen LogP contribution in [-0.4, -0.2) is 33.6 Å². The number of carboxylic acid groups (broad SMARTS) is 1. The van der Waals surface area contributed by atoms with E-state index in [1.54, 1.807) is 0 Å². The summed E-state index contributed by atoms with van der Waals surface area (Å²) in [7, 11) is 0. The molecule has 108 valence electrons. The van der Waals surface area contributed by atoms with Crippen LogP contribution < -0.4 is 5.73 Å². The lowest BCUT2D eigenvalue weighted by atomic mass is 10.0. The first-order chi connectivity index (χ1) is 9.56. The highest BCUT2D eigenvalue weighted by Gasteiger charge is 2.29. The van der Waals surface area contributed by atoms with Crippen molar-refractivity contribution in [1.29, 1.82) is 0 Å². The summed E-state index contributed by atoms with van der Waals surface area (Å²) >= 11 is 4.94. The van der Waals surface area contributed by atoms with Gasteiger partial charge in [0.15, 0.2) is 0 Å². The Morgan fingerprint density at radius 1 is 1.35 bits per heavy atom. The Bertz CT molecular complexity index is 500. The summed E-state index contributed by atoms with van der Waals surface area (Å²) in [6.45, 7) is 1.62. The molecule has 4 nitrogen and oxygen atoms in total. The zero-order chi connectivity index (χ0) is 14.5. The van der Waals surface area contributed by atoms with Crippen LogP contribution in [0.1, 0.15) is 30.4 Å². The van der Waals surface area contributed by atoms with Gasteiger partial charge in [-0.15, -0.1) is 0 Å². The third kappa shape index (κ3) is 4.58. The van der Waals surface area contributed by atoms with Crippen LogP contribution in [-0.2, 0) is 17.8 Å². The molecule has 1 aromatic carbocycles. The summed E-state index contributed by atoms with van der Waals surface area (Å²) in [6, 6.07) is 8.34. The number of thiocarbonyl (C=S) groups is 1. The number of carbonyl (C=O) groups is 1. The number of rotatable bonds is 8. The summed E-state index contributed by atoms with van der Waals surface area (Å²) in [5, 5.41) is 8.98. The van der Waals surface area contributed by atoms with Crippen molar-refractivity contribution in [2.24, 2.45) is 5.73 Å². The Morgan fingerprint density at radius 2 is 2.00 bits per heavy atom. The fourth-order valence-corrected chi connectivity index (χ4v) is 2.44. The SMILES string of the molecule is NC(=S)CCN(Cc1ccccc1CC(=O)O)C1CC1. The molecule has 0 radical (unpaired) electrons. The van der Waals surface area contributed by atoms with Gasteiger partial charge >= 0.3 is 5.97 Å². The van der Waals surface area contributed by atoms with Crippen molar-refractivity contribution < 1.29 is 9.90 Å². The molecular weight excluding hydrogens is 272 g/mol. The summed E-state index contributed by atoms with van der Waals surface area (Å²) < 4.78 is 0. The second-order valence-corrected chi connectivity index (χ2v) is 5.78. The fraction of sp³-hybridized carbons (Fsp3) is 0.467. The molecule has 1 aromatic rings. The Balaban J connectivity index is 2.05. The minimum absolute atomic E-state index is 0.0734. The highest BCUT2D eigenvalue weighted by Crippen LogP contribution is 2.29. The van der Waals surface area contributed by atoms with Crippen molar-refractivity contribution in [3.05, 3.63) is 35.4 Å². The molecule has 0 unspecified atom stereocenters. The van der Waals surface area contributed by atoms with E-state index < -0.39 is 5.97 Å². The Kier molecular flexibility index (Phi) is 5.09. The Labute approximate surface area is 124 Å². The van der Waals surface area contributed by atoms with E-state index >= 15 is 0 Å². The van der Waals surface area contributed by atoms with Crippen LogP contribution in [0.2, 0.25) is 0 Å². The molecule has 5 heteroatoms. The standard InChI is InChI=1S/C15H20N2O2S/c16-14(20)7-8-17(13-5-6-13)10-12-4-2-1-3-11(12)9-15(18)19/h1-4,13H,5-10H2,(H2,16,20)(H,18,19). The molecule has 0 aromatic heterocycles. The van der Waals surface area contributed by atoms with Gasteiger partial charge in [-0.25, -0.2) is 0 Å².